The van der Waals surface area contributed by atoms with Crippen LogP contribution in [0.15, 0.2) is 24.3 Å². The first-order chi connectivity index (χ1) is 7.59. The molecule has 0 aliphatic rings. The molecule has 1 aromatic rings. The molecule has 0 aromatic heterocycles. The Morgan fingerprint density at radius 3 is 2.00 bits per heavy atom. The van der Waals surface area contributed by atoms with E-state index in [0.717, 1.165) is 0 Å². The molecule has 1 aromatic carbocycles. The first-order valence-corrected chi connectivity index (χ1v) is 8.40. The number of rotatable bonds is 3. The Kier molecular flexibility index (Phi) is 4.64. The molecular weight excluding hydrogens is 303 g/mol. The normalized spacial score (nSPS) is 12.5. The lowest BCUT2D eigenvalue weighted by Gasteiger charge is -2.11. The number of benzene rings is 1. The average molecular weight is 315 g/mol. The fraction of sp³-hybridized carbons (Fsp3) is 0.364. The third-order valence-electron chi connectivity index (χ3n) is 2.01. The number of halogens is 3. The smallest absolute Gasteiger partial charge is 0.216 e. The fourth-order valence-electron chi connectivity index (χ4n) is 1.24. The van der Waals surface area contributed by atoms with E-state index in [9.17, 15) is 9.00 Å². The van der Waals surface area contributed by atoms with Crippen LogP contribution in [0.1, 0.15) is 15.9 Å². The maximum Gasteiger partial charge on any atom is 0.216 e. The van der Waals surface area contributed by atoms with E-state index < -0.39 is 13.7 Å². The Morgan fingerprint density at radius 1 is 1.18 bits per heavy atom. The number of hydrogen-bond acceptors (Lipinski definition) is 2. The Labute approximate surface area is 117 Å². The van der Waals surface area contributed by atoms with Crippen molar-refractivity contribution in [1.29, 1.82) is 0 Å². The van der Waals surface area contributed by atoms with Crippen molar-refractivity contribution >= 4 is 50.5 Å². The first-order valence-electron chi connectivity index (χ1n) is 4.72. The van der Waals surface area contributed by atoms with Crippen LogP contribution in [0.2, 0.25) is 0 Å². The molecule has 0 amide bonds. The second kappa shape index (κ2) is 5.27. The van der Waals surface area contributed by atoms with Gasteiger partial charge in [0.25, 0.3) is 0 Å². The molecule has 0 heterocycles. The van der Waals surface area contributed by atoms with E-state index in [-0.39, 0.29) is 11.5 Å². The van der Waals surface area contributed by atoms with Crippen LogP contribution >= 0.6 is 34.8 Å². The molecule has 0 atom stereocenters. The van der Waals surface area contributed by atoms with Gasteiger partial charge in [-0.15, -0.1) is 4.21 Å². The van der Waals surface area contributed by atoms with Gasteiger partial charge >= 0.3 is 0 Å². The zero-order chi connectivity index (χ0) is 13.3. The van der Waals surface area contributed by atoms with E-state index in [2.05, 4.69) is 0 Å². The average Bonchev–Trinajstić information content (AvgIpc) is 2.14. The molecule has 0 aliphatic carbocycles. The van der Waals surface area contributed by atoms with Crippen molar-refractivity contribution in [3.8, 4) is 0 Å². The van der Waals surface area contributed by atoms with E-state index in [4.69, 9.17) is 34.8 Å². The summed E-state index contributed by atoms with van der Waals surface area (Å²) in [5.41, 5.74) is 0.965. The summed E-state index contributed by atoms with van der Waals surface area (Å²) in [7, 11) is -2.09. The topological polar surface area (TPSA) is 34.1 Å². The number of alkyl halides is 3. The minimum absolute atomic E-state index is 0.0279. The fourth-order valence-corrected chi connectivity index (χ4v) is 2.42. The molecular formula is C11H12Cl3O2S+. The van der Waals surface area contributed by atoms with Gasteiger partial charge in [-0.2, -0.15) is 0 Å². The zero-order valence-electron chi connectivity index (χ0n) is 9.38. The van der Waals surface area contributed by atoms with Crippen LogP contribution in [0, 0.1) is 0 Å². The van der Waals surface area contributed by atoms with Gasteiger partial charge in [-0.1, -0.05) is 59.1 Å². The van der Waals surface area contributed by atoms with Crippen molar-refractivity contribution in [2.75, 3.05) is 18.3 Å². The molecule has 0 aliphatic heterocycles. The highest BCUT2D eigenvalue weighted by atomic mass is 35.6. The van der Waals surface area contributed by atoms with Gasteiger partial charge < -0.3 is 0 Å². The second-order valence-corrected chi connectivity index (χ2v) is 9.52. The predicted octanol–water partition coefficient (Wildman–Crippen LogP) is 3.46. The van der Waals surface area contributed by atoms with E-state index in [1.165, 1.54) is 0 Å². The maximum absolute atomic E-state index is 11.7. The lowest BCUT2D eigenvalue weighted by atomic mass is 10.1. The van der Waals surface area contributed by atoms with Crippen LogP contribution in [-0.2, 0) is 17.9 Å². The van der Waals surface area contributed by atoms with Crippen LogP contribution in [0.3, 0.4) is 0 Å². The summed E-state index contributed by atoms with van der Waals surface area (Å²) in [6, 6.07) is 6.30. The van der Waals surface area contributed by atoms with E-state index in [1.54, 1.807) is 36.8 Å². The Hall–Kier alpha value is -0.0900. The maximum atomic E-state index is 11.7. The number of Topliss-reactive ketones (excluding diaryl/α,β-unsaturated/α-hetero) is 1. The summed E-state index contributed by atoms with van der Waals surface area (Å²) in [6.45, 7) is 0. The highest BCUT2D eigenvalue weighted by Gasteiger charge is 2.24. The molecule has 2 nitrogen and oxygen atoms in total. The SMILES string of the molecule is C[S+](C)(=O)CC(=O)c1ccc(C(Cl)(Cl)Cl)cc1. The number of carbonyl (C=O) groups excluding carboxylic acids is 1. The van der Waals surface area contributed by atoms with Crippen molar-refractivity contribution in [2.45, 2.75) is 3.79 Å². The van der Waals surface area contributed by atoms with Crippen molar-refractivity contribution in [2.24, 2.45) is 0 Å². The van der Waals surface area contributed by atoms with Crippen LogP contribution in [0.4, 0.5) is 0 Å². The molecule has 0 N–H and O–H groups in total. The van der Waals surface area contributed by atoms with E-state index >= 15 is 0 Å². The van der Waals surface area contributed by atoms with Gasteiger partial charge in [0.05, 0.1) is 9.93 Å². The quantitative estimate of drug-likeness (QED) is 0.486. The second-order valence-electron chi connectivity index (χ2n) is 4.08. The molecule has 0 unspecified atom stereocenters. The third-order valence-corrected chi connectivity index (χ3v) is 3.62. The van der Waals surface area contributed by atoms with Crippen molar-refractivity contribution in [3.63, 3.8) is 0 Å². The molecule has 0 saturated heterocycles. The highest BCUT2D eigenvalue weighted by Crippen LogP contribution is 2.37. The van der Waals surface area contributed by atoms with Crippen molar-refractivity contribution < 1.29 is 9.00 Å². The van der Waals surface area contributed by atoms with Crippen LogP contribution < -0.4 is 0 Å². The van der Waals surface area contributed by atoms with Gasteiger partial charge in [-0.05, 0) is 0 Å². The Balaban J connectivity index is 2.89. The summed E-state index contributed by atoms with van der Waals surface area (Å²) < 4.78 is 10.0. The van der Waals surface area contributed by atoms with Gasteiger partial charge in [-0.25, -0.2) is 0 Å². The van der Waals surface area contributed by atoms with E-state index in [1.807, 2.05) is 0 Å². The van der Waals surface area contributed by atoms with E-state index in [0.29, 0.717) is 11.1 Å². The highest BCUT2D eigenvalue weighted by molar-refractivity contribution is 8.02. The standard InChI is InChI=1S/C11H12Cl3O2S/c1-17(2,16)7-10(15)8-3-5-9(6-4-8)11(12,13)14/h3-6H,7H2,1-2H3/q+1. The monoisotopic (exact) mass is 313 g/mol. The van der Waals surface area contributed by atoms with Crippen molar-refractivity contribution in [3.05, 3.63) is 35.4 Å². The minimum atomic E-state index is -2.09. The van der Waals surface area contributed by atoms with Gasteiger partial charge in [0.15, 0.2) is 5.75 Å². The summed E-state index contributed by atoms with van der Waals surface area (Å²) in [4.78, 5) is 11.7. The molecule has 0 radical (unpaired) electrons. The minimum Gasteiger partial charge on any atom is -0.289 e. The van der Waals surface area contributed by atoms with Crippen LogP contribution in [0.25, 0.3) is 0 Å². The summed E-state index contributed by atoms with van der Waals surface area (Å²) >= 11 is 17.1. The Morgan fingerprint density at radius 2 is 1.65 bits per heavy atom. The number of ketones is 1. The summed E-state index contributed by atoms with van der Waals surface area (Å²) in [6.07, 6.45) is 3.11. The third kappa shape index (κ3) is 4.96. The molecule has 0 fully saturated rings. The molecule has 0 saturated carbocycles. The lowest BCUT2D eigenvalue weighted by molar-refractivity contribution is 0.102. The first kappa shape index (κ1) is 15.0. The molecule has 0 spiro atoms. The molecule has 0 bridgehead atoms. The van der Waals surface area contributed by atoms with Crippen LogP contribution in [0.5, 0.6) is 0 Å². The predicted molar refractivity (Wildman–Crippen MR) is 74.8 cm³/mol. The number of hydrogen-bond donors (Lipinski definition) is 0. The molecule has 94 valence electrons. The van der Waals surface area contributed by atoms with Gasteiger partial charge in [0.2, 0.25) is 9.58 Å². The molecule has 17 heavy (non-hydrogen) atoms. The van der Waals surface area contributed by atoms with Crippen molar-refractivity contribution in [1.82, 2.24) is 0 Å². The van der Waals surface area contributed by atoms with Gasteiger partial charge in [0.1, 0.15) is 12.5 Å². The largest absolute Gasteiger partial charge is 0.289 e. The van der Waals surface area contributed by atoms with Crippen LogP contribution in [-0.4, -0.2) is 24.0 Å². The summed E-state index contributed by atoms with van der Waals surface area (Å²) in [5.74, 6) is -0.143. The zero-order valence-corrected chi connectivity index (χ0v) is 12.5. The molecule has 1 rings (SSSR count). The molecule has 6 heteroatoms. The summed E-state index contributed by atoms with van der Waals surface area (Å²) in [5, 5.41) is 0. The number of carbonyl (C=O) groups is 1. The lowest BCUT2D eigenvalue weighted by Crippen LogP contribution is -2.19. The van der Waals surface area contributed by atoms with Gasteiger partial charge in [-0.3, -0.25) is 4.79 Å². The Bertz CT molecular complexity index is 457. The van der Waals surface area contributed by atoms with Gasteiger partial charge in [0, 0.05) is 11.1 Å².